The number of nitriles is 1. The van der Waals surface area contributed by atoms with Crippen molar-refractivity contribution < 1.29 is 9.00 Å². The minimum Gasteiger partial charge on any atom is -0.324 e. The Kier molecular flexibility index (Phi) is 5.09. The maximum absolute atomic E-state index is 12.1. The van der Waals surface area contributed by atoms with Crippen LogP contribution in [0.3, 0.4) is 0 Å². The normalized spacial score (nSPS) is 11.4. The Hall–Kier alpha value is -2.16. The molecule has 4 nitrogen and oxygen atoms in total. The van der Waals surface area contributed by atoms with Gasteiger partial charge in [0.25, 0.3) is 0 Å². The van der Waals surface area contributed by atoms with Crippen LogP contribution in [0.4, 0.5) is 5.69 Å². The average molecular weight is 319 g/mol. The summed E-state index contributed by atoms with van der Waals surface area (Å²) >= 11 is 5.94. The largest absolute Gasteiger partial charge is 0.324 e. The van der Waals surface area contributed by atoms with E-state index in [-0.39, 0.29) is 5.75 Å². The molecule has 2 aromatic carbocycles. The van der Waals surface area contributed by atoms with Crippen molar-refractivity contribution in [3.63, 3.8) is 0 Å². The fourth-order valence-corrected chi connectivity index (χ4v) is 3.08. The van der Waals surface area contributed by atoms with Gasteiger partial charge in [-0.3, -0.25) is 9.00 Å². The Morgan fingerprint density at radius 3 is 2.57 bits per heavy atom. The predicted octanol–water partition coefficient (Wildman–Crippen LogP) is 2.96. The summed E-state index contributed by atoms with van der Waals surface area (Å²) in [6.45, 7) is 0. The van der Waals surface area contributed by atoms with E-state index in [4.69, 9.17) is 16.9 Å². The third-order valence-corrected chi connectivity index (χ3v) is 4.48. The number of amides is 1. The molecule has 0 spiro atoms. The molecule has 2 rings (SSSR count). The molecular formula is C15H11ClN2O2S. The van der Waals surface area contributed by atoms with Gasteiger partial charge in [0, 0.05) is 0 Å². The number of rotatable bonds is 4. The van der Waals surface area contributed by atoms with Gasteiger partial charge in [0.2, 0.25) is 5.91 Å². The molecule has 0 aromatic heterocycles. The Balaban J connectivity index is 2.08. The first-order chi connectivity index (χ1) is 10.1. The molecule has 1 unspecified atom stereocenters. The molecule has 0 fully saturated rings. The molecule has 21 heavy (non-hydrogen) atoms. The number of hydrogen-bond acceptors (Lipinski definition) is 3. The summed E-state index contributed by atoms with van der Waals surface area (Å²) in [4.78, 5) is 12.3. The Morgan fingerprint density at radius 1 is 1.19 bits per heavy atom. The summed E-state index contributed by atoms with van der Waals surface area (Å²) in [5, 5.41) is 11.9. The molecular weight excluding hydrogens is 308 g/mol. The standard InChI is InChI=1S/C15H11ClN2O2S/c16-12-6-2-4-8-14(12)21(20)10-15(19)18-13-7-3-1-5-11(13)9-17/h1-8H,10H2,(H,18,19). The zero-order chi connectivity index (χ0) is 15.2. The van der Waals surface area contributed by atoms with Crippen LogP contribution in [-0.2, 0) is 15.6 Å². The van der Waals surface area contributed by atoms with E-state index in [2.05, 4.69) is 5.32 Å². The number of para-hydroxylation sites is 1. The van der Waals surface area contributed by atoms with Crippen molar-refractivity contribution in [2.45, 2.75) is 4.90 Å². The van der Waals surface area contributed by atoms with E-state index in [0.29, 0.717) is 21.2 Å². The van der Waals surface area contributed by atoms with Crippen molar-refractivity contribution in [3.8, 4) is 6.07 Å². The highest BCUT2D eigenvalue weighted by atomic mass is 35.5. The van der Waals surface area contributed by atoms with E-state index < -0.39 is 16.7 Å². The quantitative estimate of drug-likeness (QED) is 0.942. The molecule has 106 valence electrons. The van der Waals surface area contributed by atoms with Crippen molar-refractivity contribution in [1.29, 1.82) is 5.26 Å². The molecule has 0 radical (unpaired) electrons. The van der Waals surface area contributed by atoms with E-state index >= 15 is 0 Å². The molecule has 1 atom stereocenters. The van der Waals surface area contributed by atoms with Gasteiger partial charge in [-0.1, -0.05) is 35.9 Å². The van der Waals surface area contributed by atoms with Crippen LogP contribution in [0.2, 0.25) is 5.02 Å². The maximum atomic E-state index is 12.1. The van der Waals surface area contributed by atoms with Crippen LogP contribution >= 0.6 is 11.6 Å². The van der Waals surface area contributed by atoms with Crippen molar-refractivity contribution in [1.82, 2.24) is 0 Å². The zero-order valence-corrected chi connectivity index (χ0v) is 12.4. The van der Waals surface area contributed by atoms with Crippen LogP contribution in [0.5, 0.6) is 0 Å². The van der Waals surface area contributed by atoms with Crippen molar-refractivity contribution in [2.75, 3.05) is 11.1 Å². The van der Waals surface area contributed by atoms with Gasteiger partial charge in [0.1, 0.15) is 11.8 Å². The van der Waals surface area contributed by atoms with Crippen LogP contribution in [0.1, 0.15) is 5.56 Å². The molecule has 0 saturated heterocycles. The fraction of sp³-hybridized carbons (Fsp3) is 0.0667. The summed E-state index contributed by atoms with van der Waals surface area (Å²) in [6, 6.07) is 15.3. The number of nitrogens with zero attached hydrogens (tertiary/aromatic N) is 1. The average Bonchev–Trinajstić information content (AvgIpc) is 2.48. The van der Waals surface area contributed by atoms with Crippen molar-refractivity contribution in [2.24, 2.45) is 0 Å². The van der Waals surface area contributed by atoms with Gasteiger partial charge in [-0.25, -0.2) is 0 Å². The highest BCUT2D eigenvalue weighted by Gasteiger charge is 2.14. The minimum atomic E-state index is -1.53. The molecule has 2 aromatic rings. The molecule has 0 aliphatic carbocycles. The molecule has 0 bridgehead atoms. The Morgan fingerprint density at radius 2 is 1.86 bits per heavy atom. The van der Waals surface area contributed by atoms with Gasteiger partial charge in [0.05, 0.1) is 32.0 Å². The summed E-state index contributed by atoms with van der Waals surface area (Å²) in [5.41, 5.74) is 0.760. The first-order valence-corrected chi connectivity index (χ1v) is 7.73. The van der Waals surface area contributed by atoms with Gasteiger partial charge in [-0.2, -0.15) is 5.26 Å². The van der Waals surface area contributed by atoms with Gasteiger partial charge in [-0.05, 0) is 24.3 Å². The van der Waals surface area contributed by atoms with Crippen LogP contribution in [0, 0.1) is 11.3 Å². The number of benzene rings is 2. The molecule has 0 aliphatic rings. The first kappa shape index (κ1) is 15.2. The van der Waals surface area contributed by atoms with E-state index in [9.17, 15) is 9.00 Å². The second-order valence-electron chi connectivity index (χ2n) is 4.13. The van der Waals surface area contributed by atoms with Gasteiger partial charge in [0.15, 0.2) is 0 Å². The number of hydrogen-bond donors (Lipinski definition) is 1. The lowest BCUT2D eigenvalue weighted by Gasteiger charge is -2.07. The van der Waals surface area contributed by atoms with Gasteiger partial charge >= 0.3 is 0 Å². The van der Waals surface area contributed by atoms with Crippen LogP contribution < -0.4 is 5.32 Å². The van der Waals surface area contributed by atoms with Crippen molar-refractivity contribution >= 4 is 34.0 Å². The molecule has 0 saturated carbocycles. The number of halogens is 1. The van der Waals surface area contributed by atoms with E-state index in [0.717, 1.165) is 0 Å². The lowest BCUT2D eigenvalue weighted by molar-refractivity contribution is -0.113. The third kappa shape index (κ3) is 3.91. The summed E-state index contributed by atoms with van der Waals surface area (Å²) in [6.07, 6.45) is 0. The monoisotopic (exact) mass is 318 g/mol. The molecule has 0 aliphatic heterocycles. The second-order valence-corrected chi connectivity index (χ2v) is 5.95. The lowest BCUT2D eigenvalue weighted by atomic mass is 10.2. The molecule has 6 heteroatoms. The minimum absolute atomic E-state index is 0.219. The highest BCUT2D eigenvalue weighted by Crippen LogP contribution is 2.19. The third-order valence-electron chi connectivity index (χ3n) is 2.67. The first-order valence-electron chi connectivity index (χ1n) is 6.03. The van der Waals surface area contributed by atoms with Crippen LogP contribution in [0.15, 0.2) is 53.4 Å². The fourth-order valence-electron chi connectivity index (χ4n) is 1.70. The van der Waals surface area contributed by atoms with Crippen molar-refractivity contribution in [3.05, 3.63) is 59.1 Å². The van der Waals surface area contributed by atoms with E-state index in [1.165, 1.54) is 0 Å². The lowest BCUT2D eigenvalue weighted by Crippen LogP contribution is -2.20. The highest BCUT2D eigenvalue weighted by molar-refractivity contribution is 7.86. The second kappa shape index (κ2) is 7.02. The SMILES string of the molecule is N#Cc1ccccc1NC(=O)CS(=O)c1ccccc1Cl. The number of nitrogens with one attached hydrogen (secondary N) is 1. The number of carbonyl (C=O) groups is 1. The molecule has 1 amide bonds. The Labute approximate surface area is 129 Å². The molecule has 0 heterocycles. The number of anilines is 1. The van der Waals surface area contributed by atoms with Crippen LogP contribution in [-0.4, -0.2) is 15.9 Å². The van der Waals surface area contributed by atoms with E-state index in [1.807, 2.05) is 6.07 Å². The summed E-state index contributed by atoms with van der Waals surface area (Å²) < 4.78 is 12.1. The topological polar surface area (TPSA) is 70.0 Å². The molecule has 1 N–H and O–H groups in total. The van der Waals surface area contributed by atoms with Gasteiger partial charge < -0.3 is 5.32 Å². The van der Waals surface area contributed by atoms with Gasteiger partial charge in [-0.15, -0.1) is 0 Å². The maximum Gasteiger partial charge on any atom is 0.237 e. The predicted molar refractivity (Wildman–Crippen MR) is 82.5 cm³/mol. The Bertz CT molecular complexity index is 740. The number of carbonyl (C=O) groups excluding carboxylic acids is 1. The zero-order valence-electron chi connectivity index (χ0n) is 10.9. The summed E-state index contributed by atoms with van der Waals surface area (Å²) in [7, 11) is -1.53. The van der Waals surface area contributed by atoms with Crippen LogP contribution in [0.25, 0.3) is 0 Å². The van der Waals surface area contributed by atoms with E-state index in [1.54, 1.807) is 48.5 Å². The smallest absolute Gasteiger partial charge is 0.237 e. The summed E-state index contributed by atoms with van der Waals surface area (Å²) in [5.74, 6) is -0.653.